The molecular weight excluding hydrogens is 226 g/mol. The first kappa shape index (κ1) is 11.3. The molecule has 3 heteroatoms. The largest absolute Gasteiger partial charge is 0.472 e. The molecule has 0 aliphatic heterocycles. The van der Waals surface area contributed by atoms with Gasteiger partial charge in [-0.2, -0.15) is 0 Å². The van der Waals surface area contributed by atoms with E-state index in [9.17, 15) is 4.79 Å². The molecule has 0 N–H and O–H groups in total. The minimum absolute atomic E-state index is 0.0661. The average molecular weight is 243 g/mol. The van der Waals surface area contributed by atoms with Crippen molar-refractivity contribution in [1.29, 1.82) is 0 Å². The summed E-state index contributed by atoms with van der Waals surface area (Å²) in [4.78, 5) is 12.1. The molecule has 0 fully saturated rings. The van der Waals surface area contributed by atoms with Gasteiger partial charge in [0.15, 0.2) is 5.78 Å². The van der Waals surface area contributed by atoms with E-state index in [1.54, 1.807) is 12.5 Å². The molecule has 94 valence electrons. The lowest BCUT2D eigenvalue weighted by atomic mass is 9.76. The van der Waals surface area contributed by atoms with Gasteiger partial charge in [0.25, 0.3) is 0 Å². The molecule has 2 aromatic rings. The molecule has 18 heavy (non-hydrogen) atoms. The zero-order valence-corrected chi connectivity index (χ0v) is 10.8. The van der Waals surface area contributed by atoms with Crippen LogP contribution in [0.4, 0.5) is 0 Å². The van der Waals surface area contributed by atoms with E-state index in [0.29, 0.717) is 6.42 Å². The van der Waals surface area contributed by atoms with Crippen LogP contribution in [-0.2, 0) is 13.0 Å². The molecule has 0 unspecified atom stereocenters. The lowest BCUT2D eigenvalue weighted by Gasteiger charge is -2.29. The number of carbonyl (C=O) groups excluding carboxylic acids is 1. The van der Waals surface area contributed by atoms with Gasteiger partial charge in [0.2, 0.25) is 0 Å². The average Bonchev–Trinajstić information content (AvgIpc) is 2.88. The molecule has 1 aliphatic rings. The van der Waals surface area contributed by atoms with Gasteiger partial charge in [-0.3, -0.25) is 4.79 Å². The first-order valence-corrected chi connectivity index (χ1v) is 6.27. The fraction of sp³-hybridized carbons (Fsp3) is 0.400. The third kappa shape index (κ3) is 1.90. The lowest BCUT2D eigenvalue weighted by Crippen LogP contribution is -2.28. The quantitative estimate of drug-likeness (QED) is 0.811. The Morgan fingerprint density at radius 1 is 1.33 bits per heavy atom. The summed E-state index contributed by atoms with van der Waals surface area (Å²) in [6, 6.07) is 3.91. The summed E-state index contributed by atoms with van der Waals surface area (Å²) < 4.78 is 7.25. The van der Waals surface area contributed by atoms with E-state index in [0.717, 1.165) is 29.8 Å². The summed E-state index contributed by atoms with van der Waals surface area (Å²) in [6.07, 6.45) is 7.05. The highest BCUT2D eigenvalue weighted by molar-refractivity contribution is 5.98. The van der Waals surface area contributed by atoms with Crippen LogP contribution in [0.15, 0.2) is 35.3 Å². The Bertz CT molecular complexity index is 576. The van der Waals surface area contributed by atoms with Gasteiger partial charge in [-0.25, -0.2) is 0 Å². The molecule has 0 saturated carbocycles. The maximum Gasteiger partial charge on any atom is 0.165 e. The highest BCUT2D eigenvalue weighted by Crippen LogP contribution is 2.35. The van der Waals surface area contributed by atoms with Crippen molar-refractivity contribution < 1.29 is 9.21 Å². The highest BCUT2D eigenvalue weighted by atomic mass is 16.3. The van der Waals surface area contributed by atoms with Crippen LogP contribution < -0.4 is 0 Å². The third-order valence-corrected chi connectivity index (χ3v) is 3.60. The molecule has 3 nitrogen and oxygen atoms in total. The maximum absolute atomic E-state index is 12.1. The molecule has 0 saturated heterocycles. The van der Waals surface area contributed by atoms with Crippen molar-refractivity contribution in [3.63, 3.8) is 0 Å². The van der Waals surface area contributed by atoms with Crippen LogP contribution in [0.2, 0.25) is 0 Å². The molecule has 0 amide bonds. The third-order valence-electron chi connectivity index (χ3n) is 3.60. The molecule has 0 bridgehead atoms. The zero-order chi connectivity index (χ0) is 12.8. The van der Waals surface area contributed by atoms with Crippen LogP contribution in [0.1, 0.15) is 41.9 Å². The Morgan fingerprint density at radius 3 is 2.89 bits per heavy atom. The number of aromatic nitrogens is 1. The number of nitrogens with zero attached hydrogens (tertiary/aromatic N) is 1. The summed E-state index contributed by atoms with van der Waals surface area (Å²) in [7, 11) is 0. The fourth-order valence-electron chi connectivity index (χ4n) is 2.73. The first-order chi connectivity index (χ1) is 8.55. The van der Waals surface area contributed by atoms with Crippen LogP contribution >= 0.6 is 0 Å². The molecule has 0 atom stereocenters. The van der Waals surface area contributed by atoms with Crippen molar-refractivity contribution in [3.8, 4) is 0 Å². The molecule has 0 spiro atoms. The standard InChI is InChI=1S/C15H17NO2/c1-15(2)7-13-12(14(17)8-15)3-5-16(13)9-11-4-6-18-10-11/h3-6,10H,7-9H2,1-2H3. The Labute approximate surface area is 106 Å². The molecule has 3 rings (SSSR count). The van der Waals surface area contributed by atoms with E-state index in [4.69, 9.17) is 4.42 Å². The normalized spacial score (nSPS) is 17.8. The van der Waals surface area contributed by atoms with Gasteiger partial charge < -0.3 is 8.98 Å². The van der Waals surface area contributed by atoms with Gasteiger partial charge in [0, 0.05) is 29.4 Å². The van der Waals surface area contributed by atoms with E-state index in [2.05, 4.69) is 18.4 Å². The van der Waals surface area contributed by atoms with E-state index in [1.165, 1.54) is 0 Å². The SMILES string of the molecule is CC1(C)CC(=O)c2ccn(Cc3ccoc3)c2C1. The number of Topliss-reactive ketones (excluding diaryl/α,β-unsaturated/α-hetero) is 1. The highest BCUT2D eigenvalue weighted by Gasteiger charge is 2.32. The van der Waals surface area contributed by atoms with E-state index in [1.807, 2.05) is 18.3 Å². The van der Waals surface area contributed by atoms with Crippen molar-refractivity contribution in [1.82, 2.24) is 4.57 Å². The van der Waals surface area contributed by atoms with Crippen molar-refractivity contribution >= 4 is 5.78 Å². The van der Waals surface area contributed by atoms with Crippen molar-refractivity contribution in [3.05, 3.63) is 47.7 Å². The molecule has 2 heterocycles. The predicted molar refractivity (Wildman–Crippen MR) is 68.7 cm³/mol. The molecular formula is C15H17NO2. The number of furan rings is 1. The number of hydrogen-bond acceptors (Lipinski definition) is 2. The minimum atomic E-state index is 0.0661. The summed E-state index contributed by atoms with van der Waals surface area (Å²) in [5.74, 6) is 0.271. The minimum Gasteiger partial charge on any atom is -0.472 e. The summed E-state index contributed by atoms with van der Waals surface area (Å²) in [5.41, 5.74) is 3.26. The fourth-order valence-corrected chi connectivity index (χ4v) is 2.73. The van der Waals surface area contributed by atoms with Gasteiger partial charge in [0.05, 0.1) is 19.1 Å². The van der Waals surface area contributed by atoms with Crippen LogP contribution in [0.25, 0.3) is 0 Å². The Morgan fingerprint density at radius 2 is 2.17 bits per heavy atom. The van der Waals surface area contributed by atoms with E-state index in [-0.39, 0.29) is 11.2 Å². The lowest BCUT2D eigenvalue weighted by molar-refractivity contribution is 0.0910. The summed E-state index contributed by atoms with van der Waals surface area (Å²) >= 11 is 0. The van der Waals surface area contributed by atoms with Crippen LogP contribution in [0.3, 0.4) is 0 Å². The Kier molecular flexibility index (Phi) is 2.44. The predicted octanol–water partition coefficient (Wildman–Crippen LogP) is 3.28. The maximum atomic E-state index is 12.1. The summed E-state index contributed by atoms with van der Waals surface area (Å²) in [6.45, 7) is 5.08. The van der Waals surface area contributed by atoms with Crippen molar-refractivity contribution in [2.75, 3.05) is 0 Å². The zero-order valence-electron chi connectivity index (χ0n) is 10.8. The second kappa shape index (κ2) is 3.87. The Hall–Kier alpha value is -1.77. The van der Waals surface area contributed by atoms with Gasteiger partial charge in [0.1, 0.15) is 0 Å². The Balaban J connectivity index is 1.97. The molecule has 1 aliphatic carbocycles. The monoisotopic (exact) mass is 243 g/mol. The van der Waals surface area contributed by atoms with E-state index < -0.39 is 0 Å². The van der Waals surface area contributed by atoms with Crippen LogP contribution in [-0.4, -0.2) is 10.4 Å². The van der Waals surface area contributed by atoms with Gasteiger partial charge in [-0.05, 0) is 24.0 Å². The first-order valence-electron chi connectivity index (χ1n) is 6.27. The number of carbonyl (C=O) groups is 1. The second-order valence-corrected chi connectivity index (χ2v) is 5.88. The van der Waals surface area contributed by atoms with Crippen molar-refractivity contribution in [2.45, 2.75) is 33.2 Å². The number of rotatable bonds is 2. The van der Waals surface area contributed by atoms with Gasteiger partial charge in [-0.15, -0.1) is 0 Å². The number of fused-ring (bicyclic) bond motifs is 1. The van der Waals surface area contributed by atoms with Crippen LogP contribution in [0, 0.1) is 5.41 Å². The molecule has 0 radical (unpaired) electrons. The topological polar surface area (TPSA) is 35.1 Å². The molecule has 2 aromatic heterocycles. The smallest absolute Gasteiger partial charge is 0.165 e. The molecule has 0 aromatic carbocycles. The number of ketones is 1. The van der Waals surface area contributed by atoms with Gasteiger partial charge in [-0.1, -0.05) is 13.8 Å². The van der Waals surface area contributed by atoms with E-state index >= 15 is 0 Å². The van der Waals surface area contributed by atoms with Crippen molar-refractivity contribution in [2.24, 2.45) is 5.41 Å². The number of hydrogen-bond donors (Lipinski definition) is 0. The van der Waals surface area contributed by atoms with Gasteiger partial charge >= 0.3 is 0 Å². The summed E-state index contributed by atoms with van der Waals surface area (Å²) in [5, 5.41) is 0. The van der Waals surface area contributed by atoms with Crippen LogP contribution in [0.5, 0.6) is 0 Å². The second-order valence-electron chi connectivity index (χ2n) is 5.88.